The summed E-state index contributed by atoms with van der Waals surface area (Å²) in [5, 5.41) is 8.98. The molecule has 0 saturated carbocycles. The first-order valence-electron chi connectivity index (χ1n) is 7.33. The van der Waals surface area contributed by atoms with Crippen LogP contribution in [0.25, 0.3) is 0 Å². The second kappa shape index (κ2) is 7.18. The molecule has 1 heterocycles. The Labute approximate surface area is 142 Å². The van der Waals surface area contributed by atoms with Gasteiger partial charge < -0.3 is 9.84 Å². The van der Waals surface area contributed by atoms with Crippen molar-refractivity contribution in [3.8, 4) is 5.75 Å². The van der Waals surface area contributed by atoms with Crippen molar-refractivity contribution in [1.82, 2.24) is 9.21 Å². The predicted molar refractivity (Wildman–Crippen MR) is 80.6 cm³/mol. The number of hydrogen-bond donors (Lipinski definition) is 1. The minimum Gasteiger partial charge on any atom is -0.480 e. The number of benzene rings is 1. The molecule has 140 valence electrons. The van der Waals surface area contributed by atoms with Crippen LogP contribution in [0.2, 0.25) is 0 Å². The lowest BCUT2D eigenvalue weighted by atomic mass is 10.2. The minimum absolute atomic E-state index is 0.0980. The Morgan fingerprint density at radius 3 is 2.12 bits per heavy atom. The zero-order chi connectivity index (χ0) is 18.8. The molecule has 25 heavy (non-hydrogen) atoms. The maximum atomic E-state index is 12.5. The van der Waals surface area contributed by atoms with Crippen LogP contribution in [0.5, 0.6) is 5.75 Å². The number of alkyl halides is 3. The van der Waals surface area contributed by atoms with E-state index >= 15 is 0 Å². The Morgan fingerprint density at radius 2 is 1.68 bits per heavy atom. The summed E-state index contributed by atoms with van der Waals surface area (Å²) in [6, 6.07) is 3.24. The second-order valence-electron chi connectivity index (χ2n) is 5.47. The van der Waals surface area contributed by atoms with Gasteiger partial charge in [-0.05, 0) is 31.2 Å². The first-order chi connectivity index (χ1) is 11.5. The van der Waals surface area contributed by atoms with Crippen LogP contribution in [0.3, 0.4) is 0 Å². The second-order valence-corrected chi connectivity index (χ2v) is 7.41. The number of ether oxygens (including phenoxy) is 1. The zero-order valence-electron chi connectivity index (χ0n) is 13.2. The van der Waals surface area contributed by atoms with Crippen LogP contribution in [-0.4, -0.2) is 67.3 Å². The summed E-state index contributed by atoms with van der Waals surface area (Å²) >= 11 is 0. The van der Waals surface area contributed by atoms with Crippen LogP contribution in [0.15, 0.2) is 29.2 Å². The van der Waals surface area contributed by atoms with Gasteiger partial charge >= 0.3 is 12.3 Å². The van der Waals surface area contributed by atoms with E-state index in [0.29, 0.717) is 0 Å². The summed E-state index contributed by atoms with van der Waals surface area (Å²) in [4.78, 5) is 12.5. The molecule has 1 aromatic rings. The molecule has 0 aromatic heterocycles. The maximum absolute atomic E-state index is 12.5. The lowest BCUT2D eigenvalue weighted by molar-refractivity contribution is -0.274. The van der Waals surface area contributed by atoms with E-state index in [9.17, 15) is 26.4 Å². The molecule has 1 aliphatic rings. The molecule has 0 bridgehead atoms. The molecular weight excluding hydrogens is 365 g/mol. The SMILES string of the molecule is CC(C(=O)O)N1CCN(S(=O)(=O)c2ccc(OC(F)(F)F)cc2)CC1. The highest BCUT2D eigenvalue weighted by molar-refractivity contribution is 7.89. The molecule has 7 nitrogen and oxygen atoms in total. The molecule has 1 atom stereocenters. The molecular formula is C14H17F3N2O5S. The smallest absolute Gasteiger partial charge is 0.480 e. The minimum atomic E-state index is -4.85. The number of carbonyl (C=O) groups is 1. The summed E-state index contributed by atoms with van der Waals surface area (Å²) in [7, 11) is -3.87. The van der Waals surface area contributed by atoms with Crippen LogP contribution in [-0.2, 0) is 14.8 Å². The number of halogens is 3. The summed E-state index contributed by atoms with van der Waals surface area (Å²) in [6.45, 7) is 2.22. The average Bonchev–Trinajstić information content (AvgIpc) is 2.53. The number of aliphatic carboxylic acids is 1. The molecule has 1 saturated heterocycles. The number of hydrogen-bond acceptors (Lipinski definition) is 5. The standard InChI is InChI=1S/C14H17F3N2O5S/c1-10(13(20)21)18-6-8-19(9-7-18)25(22,23)12-4-2-11(3-5-12)24-14(15,16)17/h2-5,10H,6-9H2,1H3,(H,20,21). The van der Waals surface area contributed by atoms with E-state index in [1.807, 2.05) is 0 Å². The Hall–Kier alpha value is -1.85. The number of rotatable bonds is 5. The lowest BCUT2D eigenvalue weighted by Gasteiger charge is -2.35. The monoisotopic (exact) mass is 382 g/mol. The number of sulfonamides is 1. The first-order valence-corrected chi connectivity index (χ1v) is 8.77. The van der Waals surface area contributed by atoms with Crippen LogP contribution < -0.4 is 4.74 Å². The summed E-state index contributed by atoms with van der Waals surface area (Å²) in [5.74, 6) is -1.50. The van der Waals surface area contributed by atoms with Crippen LogP contribution in [0, 0.1) is 0 Å². The fourth-order valence-electron chi connectivity index (χ4n) is 2.45. The molecule has 11 heteroatoms. The molecule has 0 amide bonds. The highest BCUT2D eigenvalue weighted by Crippen LogP contribution is 2.25. The van der Waals surface area contributed by atoms with Gasteiger partial charge in [-0.15, -0.1) is 13.2 Å². The Bertz CT molecular complexity index is 713. The number of carboxylic acids is 1. The molecule has 0 radical (unpaired) electrons. The summed E-state index contributed by atoms with van der Waals surface area (Å²) in [5.41, 5.74) is 0. The third-order valence-electron chi connectivity index (χ3n) is 3.87. The summed E-state index contributed by atoms with van der Waals surface area (Å²) < 4.78 is 66.3. The van der Waals surface area contributed by atoms with Crippen molar-refractivity contribution >= 4 is 16.0 Å². The number of piperazine rings is 1. The van der Waals surface area contributed by atoms with E-state index in [0.717, 1.165) is 24.3 Å². The van der Waals surface area contributed by atoms with Gasteiger partial charge in [0.1, 0.15) is 11.8 Å². The third-order valence-corrected chi connectivity index (χ3v) is 5.79. The fourth-order valence-corrected chi connectivity index (χ4v) is 3.87. The van der Waals surface area contributed by atoms with E-state index in [1.54, 1.807) is 4.90 Å². The van der Waals surface area contributed by atoms with Crippen molar-refractivity contribution in [2.24, 2.45) is 0 Å². The largest absolute Gasteiger partial charge is 0.573 e. The van der Waals surface area contributed by atoms with Gasteiger partial charge in [-0.1, -0.05) is 0 Å². The predicted octanol–water partition coefficient (Wildman–Crippen LogP) is 1.36. The van der Waals surface area contributed by atoms with E-state index in [4.69, 9.17) is 5.11 Å². The van der Waals surface area contributed by atoms with Crippen molar-refractivity contribution in [2.45, 2.75) is 24.2 Å². The van der Waals surface area contributed by atoms with Crippen molar-refractivity contribution in [1.29, 1.82) is 0 Å². The molecule has 1 unspecified atom stereocenters. The molecule has 0 spiro atoms. The molecule has 1 N–H and O–H groups in total. The van der Waals surface area contributed by atoms with Gasteiger partial charge in [-0.25, -0.2) is 8.42 Å². The highest BCUT2D eigenvalue weighted by atomic mass is 32.2. The van der Waals surface area contributed by atoms with Gasteiger partial charge in [0.15, 0.2) is 0 Å². The molecule has 1 aliphatic heterocycles. The van der Waals surface area contributed by atoms with Crippen molar-refractivity contribution in [3.63, 3.8) is 0 Å². The lowest BCUT2D eigenvalue weighted by Crippen LogP contribution is -2.53. The summed E-state index contributed by atoms with van der Waals surface area (Å²) in [6.07, 6.45) is -4.85. The van der Waals surface area contributed by atoms with Gasteiger partial charge in [0.05, 0.1) is 4.90 Å². The fraction of sp³-hybridized carbons (Fsp3) is 0.500. The van der Waals surface area contributed by atoms with Gasteiger partial charge in [0.25, 0.3) is 0 Å². The Morgan fingerprint density at radius 1 is 1.16 bits per heavy atom. The van der Waals surface area contributed by atoms with E-state index in [2.05, 4.69) is 4.74 Å². The molecule has 1 fully saturated rings. The van der Waals surface area contributed by atoms with Crippen molar-refractivity contribution in [3.05, 3.63) is 24.3 Å². The quantitative estimate of drug-likeness (QED) is 0.828. The van der Waals surface area contributed by atoms with Crippen LogP contribution in [0.1, 0.15) is 6.92 Å². The zero-order valence-corrected chi connectivity index (χ0v) is 14.0. The van der Waals surface area contributed by atoms with Gasteiger partial charge in [-0.3, -0.25) is 9.69 Å². The molecule has 0 aliphatic carbocycles. The van der Waals surface area contributed by atoms with Crippen molar-refractivity contribution in [2.75, 3.05) is 26.2 Å². The van der Waals surface area contributed by atoms with E-state index in [1.165, 1.54) is 11.2 Å². The van der Waals surface area contributed by atoms with Gasteiger partial charge in [-0.2, -0.15) is 4.31 Å². The third kappa shape index (κ3) is 4.83. The molecule has 2 rings (SSSR count). The Balaban J connectivity index is 2.06. The average molecular weight is 382 g/mol. The van der Waals surface area contributed by atoms with Crippen LogP contribution in [0.4, 0.5) is 13.2 Å². The number of carboxylic acid groups (broad SMARTS) is 1. The van der Waals surface area contributed by atoms with E-state index < -0.39 is 34.1 Å². The Kier molecular flexibility index (Phi) is 5.59. The van der Waals surface area contributed by atoms with Gasteiger partial charge in [0.2, 0.25) is 10.0 Å². The number of nitrogens with zero attached hydrogens (tertiary/aromatic N) is 2. The normalized spacial score (nSPS) is 18.7. The topological polar surface area (TPSA) is 87.2 Å². The first kappa shape index (κ1) is 19.5. The van der Waals surface area contributed by atoms with Gasteiger partial charge in [0, 0.05) is 26.2 Å². The van der Waals surface area contributed by atoms with Crippen LogP contribution >= 0.6 is 0 Å². The van der Waals surface area contributed by atoms with E-state index in [-0.39, 0.29) is 31.1 Å². The maximum Gasteiger partial charge on any atom is 0.573 e. The highest BCUT2D eigenvalue weighted by Gasteiger charge is 2.33. The van der Waals surface area contributed by atoms with Crippen molar-refractivity contribution < 1.29 is 36.2 Å². The molecule has 1 aromatic carbocycles.